The summed E-state index contributed by atoms with van der Waals surface area (Å²) in [5, 5.41) is 5.04. The molecule has 0 saturated carbocycles. The minimum Gasteiger partial charge on any atom is -0.334 e. The van der Waals surface area contributed by atoms with Gasteiger partial charge in [-0.25, -0.2) is 0 Å². The molecule has 0 fully saturated rings. The maximum absolute atomic E-state index is 13.1. The Hall–Kier alpha value is -2.92. The van der Waals surface area contributed by atoms with Crippen molar-refractivity contribution in [2.24, 2.45) is 0 Å². The molecule has 3 aromatic rings. The third kappa shape index (κ3) is 3.58. The lowest BCUT2D eigenvalue weighted by Gasteiger charge is -2.28. The molecule has 0 unspecified atom stereocenters. The van der Waals surface area contributed by atoms with Gasteiger partial charge in [-0.2, -0.15) is 0 Å². The van der Waals surface area contributed by atoms with Crippen LogP contribution in [-0.2, 0) is 13.0 Å². The maximum Gasteiger partial charge on any atom is 0.255 e. The Kier molecular flexibility index (Phi) is 5.01. The number of fused-ring (bicyclic) bond motifs is 1. The van der Waals surface area contributed by atoms with Crippen molar-refractivity contribution in [3.8, 4) is 0 Å². The SMILES string of the molecule is Cc1ccc(C(=O)Nc2cccc(C(=O)N3CCc4sccc4C3)c2C)cc1. The quantitative estimate of drug-likeness (QED) is 0.697. The van der Waals surface area contributed by atoms with Crippen molar-refractivity contribution in [3.05, 3.63) is 86.6 Å². The summed E-state index contributed by atoms with van der Waals surface area (Å²) < 4.78 is 0. The van der Waals surface area contributed by atoms with Crippen molar-refractivity contribution in [1.82, 2.24) is 4.90 Å². The topological polar surface area (TPSA) is 49.4 Å². The molecule has 5 heteroatoms. The van der Waals surface area contributed by atoms with Crippen LogP contribution >= 0.6 is 11.3 Å². The van der Waals surface area contributed by atoms with Gasteiger partial charge in [0, 0.05) is 34.8 Å². The fourth-order valence-corrected chi connectivity index (χ4v) is 4.38. The highest BCUT2D eigenvalue weighted by atomic mass is 32.1. The summed E-state index contributed by atoms with van der Waals surface area (Å²) >= 11 is 1.76. The number of thiophene rings is 1. The van der Waals surface area contributed by atoms with Gasteiger partial charge in [0.15, 0.2) is 0 Å². The molecule has 2 heterocycles. The van der Waals surface area contributed by atoms with Crippen LogP contribution < -0.4 is 5.32 Å². The van der Waals surface area contributed by atoms with Crippen LogP contribution in [0, 0.1) is 13.8 Å². The summed E-state index contributed by atoms with van der Waals surface area (Å²) in [5.41, 5.74) is 5.05. The van der Waals surface area contributed by atoms with Gasteiger partial charge in [-0.3, -0.25) is 9.59 Å². The summed E-state index contributed by atoms with van der Waals surface area (Å²) in [6.07, 6.45) is 0.904. The predicted octanol–water partition coefficient (Wildman–Crippen LogP) is 4.82. The first-order valence-corrected chi connectivity index (χ1v) is 10.2. The number of amides is 2. The molecule has 2 amide bonds. The highest BCUT2D eigenvalue weighted by Crippen LogP contribution is 2.27. The minimum atomic E-state index is -0.173. The van der Waals surface area contributed by atoms with E-state index in [1.807, 2.05) is 49.1 Å². The van der Waals surface area contributed by atoms with Gasteiger partial charge in [-0.05, 0) is 67.1 Å². The molecule has 1 aliphatic rings. The van der Waals surface area contributed by atoms with E-state index in [1.165, 1.54) is 10.4 Å². The molecule has 2 aromatic carbocycles. The molecule has 4 nitrogen and oxygen atoms in total. The molecule has 1 N–H and O–H groups in total. The van der Waals surface area contributed by atoms with Gasteiger partial charge in [-0.1, -0.05) is 23.8 Å². The fourth-order valence-electron chi connectivity index (χ4n) is 3.49. The van der Waals surface area contributed by atoms with Gasteiger partial charge in [-0.15, -0.1) is 11.3 Å². The van der Waals surface area contributed by atoms with Crippen LogP contribution in [0.15, 0.2) is 53.9 Å². The number of nitrogens with zero attached hydrogens (tertiary/aromatic N) is 1. The third-order valence-electron chi connectivity index (χ3n) is 5.22. The van der Waals surface area contributed by atoms with Crippen molar-refractivity contribution in [3.63, 3.8) is 0 Å². The van der Waals surface area contributed by atoms with E-state index in [0.717, 1.165) is 24.1 Å². The van der Waals surface area contributed by atoms with Crippen LogP contribution in [0.25, 0.3) is 0 Å². The smallest absolute Gasteiger partial charge is 0.255 e. The molecular formula is C23H22N2O2S. The Labute approximate surface area is 168 Å². The molecule has 0 aliphatic carbocycles. The van der Waals surface area contributed by atoms with Gasteiger partial charge >= 0.3 is 0 Å². The Morgan fingerprint density at radius 1 is 1.04 bits per heavy atom. The molecule has 0 bridgehead atoms. The summed E-state index contributed by atoms with van der Waals surface area (Å²) in [7, 11) is 0. The molecule has 0 spiro atoms. The number of aryl methyl sites for hydroxylation is 1. The van der Waals surface area contributed by atoms with Gasteiger partial charge < -0.3 is 10.2 Å². The molecule has 4 rings (SSSR count). The first-order valence-electron chi connectivity index (χ1n) is 9.35. The van der Waals surface area contributed by atoms with Crippen molar-refractivity contribution in [1.29, 1.82) is 0 Å². The predicted molar refractivity (Wildman–Crippen MR) is 113 cm³/mol. The van der Waals surface area contributed by atoms with E-state index >= 15 is 0 Å². The first kappa shape index (κ1) is 18.4. The Bertz CT molecular complexity index is 1040. The highest BCUT2D eigenvalue weighted by Gasteiger charge is 2.24. The number of carbonyl (C=O) groups is 2. The van der Waals surface area contributed by atoms with E-state index in [2.05, 4.69) is 16.8 Å². The summed E-state index contributed by atoms with van der Waals surface area (Å²) in [6.45, 7) is 5.25. The van der Waals surface area contributed by atoms with Crippen LogP contribution in [0.2, 0.25) is 0 Å². The number of carbonyl (C=O) groups excluding carboxylic acids is 2. The number of hydrogen-bond donors (Lipinski definition) is 1. The summed E-state index contributed by atoms with van der Waals surface area (Å²) in [4.78, 5) is 28.9. The zero-order valence-corrected chi connectivity index (χ0v) is 16.8. The van der Waals surface area contributed by atoms with E-state index in [9.17, 15) is 9.59 Å². The van der Waals surface area contributed by atoms with E-state index in [4.69, 9.17) is 0 Å². The minimum absolute atomic E-state index is 0.0146. The lowest BCUT2D eigenvalue weighted by molar-refractivity contribution is 0.0735. The molecule has 1 aromatic heterocycles. The lowest BCUT2D eigenvalue weighted by Crippen LogP contribution is -2.35. The monoisotopic (exact) mass is 390 g/mol. The second-order valence-electron chi connectivity index (χ2n) is 7.14. The third-order valence-corrected chi connectivity index (χ3v) is 6.24. The van der Waals surface area contributed by atoms with E-state index < -0.39 is 0 Å². The molecule has 0 atom stereocenters. The van der Waals surface area contributed by atoms with Crippen molar-refractivity contribution >= 4 is 28.8 Å². The van der Waals surface area contributed by atoms with Gasteiger partial charge in [0.05, 0.1) is 0 Å². The Balaban J connectivity index is 1.54. The first-order chi connectivity index (χ1) is 13.5. The maximum atomic E-state index is 13.1. The van der Waals surface area contributed by atoms with Crippen molar-refractivity contribution in [2.75, 3.05) is 11.9 Å². The zero-order valence-electron chi connectivity index (χ0n) is 16.0. The van der Waals surface area contributed by atoms with E-state index in [-0.39, 0.29) is 11.8 Å². The molecule has 0 radical (unpaired) electrons. The average Bonchev–Trinajstić information content (AvgIpc) is 3.17. The van der Waals surface area contributed by atoms with Crippen LogP contribution in [0.1, 0.15) is 42.3 Å². The largest absolute Gasteiger partial charge is 0.334 e. The number of benzene rings is 2. The van der Waals surface area contributed by atoms with Crippen molar-refractivity contribution in [2.45, 2.75) is 26.8 Å². The van der Waals surface area contributed by atoms with E-state index in [0.29, 0.717) is 23.4 Å². The standard InChI is InChI=1S/C23H22N2O2S/c1-15-6-8-17(9-7-15)22(26)24-20-5-3-4-19(16(20)2)23(27)25-12-10-21-18(14-25)11-13-28-21/h3-9,11,13H,10,12,14H2,1-2H3,(H,24,26). The summed E-state index contributed by atoms with van der Waals surface area (Å²) in [6, 6.07) is 15.0. The van der Waals surface area contributed by atoms with Gasteiger partial charge in [0.2, 0.25) is 0 Å². The number of anilines is 1. The number of hydrogen-bond acceptors (Lipinski definition) is 3. The van der Waals surface area contributed by atoms with Crippen LogP contribution in [0.4, 0.5) is 5.69 Å². The normalized spacial score (nSPS) is 13.1. The van der Waals surface area contributed by atoms with E-state index in [1.54, 1.807) is 23.5 Å². The Morgan fingerprint density at radius 2 is 1.82 bits per heavy atom. The zero-order chi connectivity index (χ0) is 19.7. The van der Waals surface area contributed by atoms with Gasteiger partial charge in [0.25, 0.3) is 11.8 Å². The van der Waals surface area contributed by atoms with Crippen LogP contribution in [0.3, 0.4) is 0 Å². The van der Waals surface area contributed by atoms with Crippen LogP contribution in [-0.4, -0.2) is 23.3 Å². The molecule has 28 heavy (non-hydrogen) atoms. The number of nitrogens with one attached hydrogen (secondary N) is 1. The van der Waals surface area contributed by atoms with Crippen molar-refractivity contribution < 1.29 is 9.59 Å². The number of rotatable bonds is 3. The second-order valence-corrected chi connectivity index (χ2v) is 8.14. The summed E-state index contributed by atoms with van der Waals surface area (Å²) in [5.74, 6) is -0.158. The van der Waals surface area contributed by atoms with Crippen LogP contribution in [0.5, 0.6) is 0 Å². The lowest BCUT2D eigenvalue weighted by atomic mass is 10.0. The highest BCUT2D eigenvalue weighted by molar-refractivity contribution is 7.10. The molecule has 1 aliphatic heterocycles. The average molecular weight is 391 g/mol. The molecule has 142 valence electrons. The van der Waals surface area contributed by atoms with Gasteiger partial charge in [0.1, 0.15) is 0 Å². The fraction of sp³-hybridized carbons (Fsp3) is 0.217. The Morgan fingerprint density at radius 3 is 2.61 bits per heavy atom. The second kappa shape index (κ2) is 7.60. The molecular weight excluding hydrogens is 368 g/mol. The molecule has 0 saturated heterocycles.